The largest absolute Gasteiger partial charge is 0.311 e. The summed E-state index contributed by atoms with van der Waals surface area (Å²) in [4.78, 5) is 12.1. The van der Waals surface area contributed by atoms with E-state index in [1.807, 2.05) is 6.92 Å². The second-order valence-electron chi connectivity index (χ2n) is 12.7. The SMILES string of the molecule is C=CC.CC1(C)NCCC2(C)C1CCC1(C)C3CCC4(C=O)CCC[C@@H]4C3CCC12. The normalized spacial score (nSPS) is 51.2. The van der Waals surface area contributed by atoms with Crippen LogP contribution >= 0.6 is 0 Å². The molecule has 1 N–H and O–H groups in total. The summed E-state index contributed by atoms with van der Waals surface area (Å²) in [5.74, 6) is 4.13. The van der Waals surface area contributed by atoms with Crippen molar-refractivity contribution in [3.63, 3.8) is 0 Å². The molecule has 0 aromatic heterocycles. The minimum atomic E-state index is 0.0716. The maximum absolute atomic E-state index is 12.1. The molecule has 1 aliphatic heterocycles. The third-order valence-electron chi connectivity index (χ3n) is 11.2. The Morgan fingerprint density at radius 3 is 2.27 bits per heavy atom. The number of allylic oxidation sites excluding steroid dienone is 1. The van der Waals surface area contributed by atoms with Crippen molar-refractivity contribution in [2.75, 3.05) is 6.54 Å². The number of fused-ring (bicyclic) bond motifs is 7. The van der Waals surface area contributed by atoms with Crippen molar-refractivity contribution in [1.82, 2.24) is 5.32 Å². The predicted octanol–water partition coefficient (Wildman–Crippen LogP) is 6.79. The van der Waals surface area contributed by atoms with E-state index in [2.05, 4.69) is 39.6 Å². The van der Waals surface area contributed by atoms with Crippen LogP contribution in [-0.4, -0.2) is 18.4 Å². The molecule has 30 heavy (non-hydrogen) atoms. The van der Waals surface area contributed by atoms with E-state index in [1.165, 1.54) is 77.0 Å². The molecule has 7 unspecified atom stereocenters. The summed E-state index contributed by atoms with van der Waals surface area (Å²) in [5.41, 5.74) is 1.37. The highest BCUT2D eigenvalue weighted by Crippen LogP contribution is 2.71. The Hall–Kier alpha value is -0.630. The molecule has 5 rings (SSSR count). The lowest BCUT2D eigenvalue weighted by atomic mass is 9.38. The Balaban J connectivity index is 0.000000687. The highest BCUT2D eigenvalue weighted by Gasteiger charge is 2.65. The van der Waals surface area contributed by atoms with Gasteiger partial charge in [0, 0.05) is 11.0 Å². The quantitative estimate of drug-likeness (QED) is 0.378. The minimum absolute atomic E-state index is 0.0716. The number of aldehydes is 1. The van der Waals surface area contributed by atoms with Gasteiger partial charge in [0.1, 0.15) is 6.29 Å². The van der Waals surface area contributed by atoms with Crippen molar-refractivity contribution in [1.29, 1.82) is 0 Å². The number of hydrogen-bond donors (Lipinski definition) is 1. The average molecular weight is 414 g/mol. The van der Waals surface area contributed by atoms with Gasteiger partial charge in [0.25, 0.3) is 0 Å². The number of nitrogens with one attached hydrogen (secondary N) is 1. The van der Waals surface area contributed by atoms with Gasteiger partial charge in [-0.15, -0.1) is 6.58 Å². The second-order valence-corrected chi connectivity index (χ2v) is 12.7. The maximum atomic E-state index is 12.1. The molecule has 4 aliphatic carbocycles. The van der Waals surface area contributed by atoms with Crippen LogP contribution in [0.4, 0.5) is 0 Å². The topological polar surface area (TPSA) is 29.1 Å². The van der Waals surface area contributed by atoms with Gasteiger partial charge in [0.2, 0.25) is 0 Å². The molecular weight excluding hydrogens is 366 g/mol. The molecule has 0 radical (unpaired) electrons. The van der Waals surface area contributed by atoms with Crippen LogP contribution in [0.5, 0.6) is 0 Å². The molecule has 5 fully saturated rings. The van der Waals surface area contributed by atoms with Gasteiger partial charge in [-0.05, 0) is 126 Å². The first-order chi connectivity index (χ1) is 14.2. The fraction of sp³-hybridized carbons (Fsp3) is 0.893. The van der Waals surface area contributed by atoms with Gasteiger partial charge in [-0.3, -0.25) is 0 Å². The van der Waals surface area contributed by atoms with Gasteiger partial charge >= 0.3 is 0 Å². The molecule has 0 spiro atoms. The molecule has 0 bridgehead atoms. The summed E-state index contributed by atoms with van der Waals surface area (Å²) in [6.07, 6.45) is 16.5. The number of piperidine rings is 1. The smallest absolute Gasteiger partial charge is 0.126 e. The molecule has 0 aromatic carbocycles. The number of carbonyl (C=O) groups is 1. The van der Waals surface area contributed by atoms with Crippen LogP contribution in [-0.2, 0) is 4.79 Å². The van der Waals surface area contributed by atoms with E-state index in [-0.39, 0.29) is 11.0 Å². The van der Waals surface area contributed by atoms with Crippen LogP contribution in [0.2, 0.25) is 0 Å². The first-order valence-corrected chi connectivity index (χ1v) is 13.0. The molecule has 0 aromatic rings. The van der Waals surface area contributed by atoms with Crippen molar-refractivity contribution in [3.05, 3.63) is 12.7 Å². The van der Waals surface area contributed by atoms with Gasteiger partial charge in [0.15, 0.2) is 0 Å². The lowest BCUT2D eigenvalue weighted by Gasteiger charge is -2.68. The predicted molar refractivity (Wildman–Crippen MR) is 126 cm³/mol. The Bertz CT molecular complexity index is 670. The van der Waals surface area contributed by atoms with Crippen LogP contribution in [0.15, 0.2) is 12.7 Å². The van der Waals surface area contributed by atoms with Crippen LogP contribution < -0.4 is 5.32 Å². The number of carbonyl (C=O) groups excluding carboxylic acids is 1. The van der Waals surface area contributed by atoms with Crippen molar-refractivity contribution >= 4 is 6.29 Å². The zero-order chi connectivity index (χ0) is 21.8. The van der Waals surface area contributed by atoms with Gasteiger partial charge in [-0.25, -0.2) is 0 Å². The third kappa shape index (κ3) is 3.10. The molecule has 5 aliphatic rings. The van der Waals surface area contributed by atoms with Gasteiger partial charge in [-0.1, -0.05) is 26.3 Å². The van der Waals surface area contributed by atoms with E-state index in [0.29, 0.717) is 16.7 Å². The van der Waals surface area contributed by atoms with E-state index in [0.717, 1.165) is 23.7 Å². The molecule has 1 saturated heterocycles. The number of rotatable bonds is 1. The Morgan fingerprint density at radius 2 is 1.57 bits per heavy atom. The molecule has 2 nitrogen and oxygen atoms in total. The van der Waals surface area contributed by atoms with E-state index >= 15 is 0 Å². The summed E-state index contributed by atoms with van der Waals surface area (Å²) < 4.78 is 0. The average Bonchev–Trinajstić information content (AvgIpc) is 3.12. The highest BCUT2D eigenvalue weighted by atomic mass is 16.1. The minimum Gasteiger partial charge on any atom is -0.311 e. The third-order valence-corrected chi connectivity index (χ3v) is 11.2. The molecule has 1 heterocycles. The standard InChI is InChI=1S/C25H41NO.C3H6/c1-22(2)20-10-12-23(3)18-9-13-25(16-27)11-5-6-19(25)17(18)7-8-21(23)24(20,4)14-15-26-22;1-3-2/h16-21,26H,5-15H2,1-4H3;3H,1H2,2H3/t17?,18?,19-,20?,21?,23?,24?,25?;/m1./s1. The maximum Gasteiger partial charge on any atom is 0.126 e. The van der Waals surface area contributed by atoms with Gasteiger partial charge in [0.05, 0.1) is 0 Å². The van der Waals surface area contributed by atoms with E-state index in [9.17, 15) is 4.79 Å². The molecule has 0 amide bonds. The number of hydrogen-bond acceptors (Lipinski definition) is 2. The Kier molecular flexibility index (Phi) is 5.83. The lowest BCUT2D eigenvalue weighted by molar-refractivity contribution is -0.185. The van der Waals surface area contributed by atoms with Crippen LogP contribution in [0.1, 0.15) is 98.8 Å². The Labute approximate surface area is 186 Å². The summed E-state index contributed by atoms with van der Waals surface area (Å²) in [6, 6.07) is 0. The van der Waals surface area contributed by atoms with Gasteiger partial charge in [-0.2, -0.15) is 0 Å². The molecule has 8 atom stereocenters. The fourth-order valence-corrected chi connectivity index (χ4v) is 10.1. The van der Waals surface area contributed by atoms with Crippen molar-refractivity contribution in [2.45, 2.75) is 104 Å². The molecular formula is C28H47NO. The summed E-state index contributed by atoms with van der Waals surface area (Å²) in [5, 5.41) is 3.85. The monoisotopic (exact) mass is 413 g/mol. The van der Waals surface area contributed by atoms with Crippen molar-refractivity contribution < 1.29 is 4.79 Å². The molecule has 170 valence electrons. The highest BCUT2D eigenvalue weighted by molar-refractivity contribution is 5.61. The van der Waals surface area contributed by atoms with E-state index in [1.54, 1.807) is 6.08 Å². The van der Waals surface area contributed by atoms with E-state index < -0.39 is 0 Å². The first kappa shape index (κ1) is 22.6. The van der Waals surface area contributed by atoms with Gasteiger partial charge < -0.3 is 10.1 Å². The molecule has 2 heteroatoms. The van der Waals surface area contributed by atoms with Crippen LogP contribution in [0, 0.1) is 45.8 Å². The Morgan fingerprint density at radius 1 is 0.833 bits per heavy atom. The zero-order valence-corrected chi connectivity index (χ0v) is 20.4. The van der Waals surface area contributed by atoms with Crippen LogP contribution in [0.25, 0.3) is 0 Å². The van der Waals surface area contributed by atoms with Crippen molar-refractivity contribution in [2.24, 2.45) is 45.8 Å². The first-order valence-electron chi connectivity index (χ1n) is 13.0. The molecule has 4 saturated carbocycles. The zero-order valence-electron chi connectivity index (χ0n) is 20.4. The second kappa shape index (κ2) is 7.75. The summed E-state index contributed by atoms with van der Waals surface area (Å²) >= 11 is 0. The van der Waals surface area contributed by atoms with E-state index in [4.69, 9.17) is 0 Å². The summed E-state index contributed by atoms with van der Waals surface area (Å²) in [7, 11) is 0. The van der Waals surface area contributed by atoms with Crippen LogP contribution in [0.3, 0.4) is 0 Å². The summed E-state index contributed by atoms with van der Waals surface area (Å²) in [6.45, 7) is 16.7. The lowest BCUT2D eigenvalue weighted by Crippen LogP contribution is -2.66. The van der Waals surface area contributed by atoms with Crippen molar-refractivity contribution in [3.8, 4) is 0 Å². The fourth-order valence-electron chi connectivity index (χ4n) is 10.1.